The second-order valence-corrected chi connectivity index (χ2v) is 9.04. The van der Waals surface area contributed by atoms with Crippen LogP contribution in [-0.2, 0) is 4.74 Å². The number of piperidine rings is 1. The maximum atomic E-state index is 14.7. The molecule has 1 aromatic carbocycles. The lowest BCUT2D eigenvalue weighted by atomic mass is 9.94. The molecule has 2 aromatic heterocycles. The second kappa shape index (κ2) is 8.75. The molecule has 2 saturated heterocycles. The van der Waals surface area contributed by atoms with Crippen molar-refractivity contribution in [2.45, 2.75) is 64.6 Å². The number of para-hydroxylation sites is 1. The van der Waals surface area contributed by atoms with Crippen molar-refractivity contribution in [3.63, 3.8) is 0 Å². The highest BCUT2D eigenvalue weighted by atomic mass is 19.1. The molecular formula is C24H30FN5O2. The van der Waals surface area contributed by atoms with Gasteiger partial charge >= 0.3 is 0 Å². The molecule has 0 aliphatic carbocycles. The summed E-state index contributed by atoms with van der Waals surface area (Å²) < 4.78 is 25.8. The maximum Gasteiger partial charge on any atom is 0.261 e. The molecular weight excluding hydrogens is 409 g/mol. The van der Waals surface area contributed by atoms with E-state index in [0.717, 1.165) is 67.8 Å². The van der Waals surface area contributed by atoms with E-state index in [9.17, 15) is 4.39 Å². The average Bonchev–Trinajstić information content (AvgIpc) is 3.21. The molecule has 5 rings (SSSR count). The standard InChI is InChI=1S/C24H30FN5O2/c1-14-13-18(27-17-8-11-31-12-9-17)7-10-30(14)23-21(24-26-16(3)29-32-24)15(2)19-5-4-6-20(25)22(19)28-23/h4-6,14,17-18,27H,7-13H2,1-3H3/t14-,18-/m1/s1. The molecule has 170 valence electrons. The lowest BCUT2D eigenvalue weighted by Crippen LogP contribution is -2.51. The van der Waals surface area contributed by atoms with Gasteiger partial charge in [0, 0.05) is 43.3 Å². The first kappa shape index (κ1) is 21.3. The van der Waals surface area contributed by atoms with E-state index in [2.05, 4.69) is 27.3 Å². The molecule has 2 aliphatic rings. The van der Waals surface area contributed by atoms with Gasteiger partial charge in [-0.05, 0) is 58.1 Å². The summed E-state index contributed by atoms with van der Waals surface area (Å²) in [5, 5.41) is 8.59. The van der Waals surface area contributed by atoms with Gasteiger partial charge in [0.15, 0.2) is 5.82 Å². The van der Waals surface area contributed by atoms with E-state index in [1.807, 2.05) is 13.0 Å². The van der Waals surface area contributed by atoms with Crippen molar-refractivity contribution in [2.75, 3.05) is 24.7 Å². The molecule has 2 fully saturated rings. The SMILES string of the molecule is Cc1noc(-c2c(N3CC[C@@H](NC4CCOCC4)C[C@H]3C)nc3c(F)cccc3c2C)n1. The fourth-order valence-corrected chi connectivity index (χ4v) is 5.09. The maximum absolute atomic E-state index is 14.7. The molecule has 1 N–H and O–H groups in total. The molecule has 4 heterocycles. The Morgan fingerprint density at radius 1 is 1.09 bits per heavy atom. The lowest BCUT2D eigenvalue weighted by molar-refractivity contribution is 0.0733. The number of ether oxygens (including phenoxy) is 1. The van der Waals surface area contributed by atoms with Gasteiger partial charge in [0.1, 0.15) is 17.2 Å². The van der Waals surface area contributed by atoms with Gasteiger partial charge in [0.2, 0.25) is 0 Å². The molecule has 3 aromatic rings. The van der Waals surface area contributed by atoms with Gasteiger partial charge < -0.3 is 19.5 Å². The van der Waals surface area contributed by atoms with Crippen LogP contribution in [-0.4, -0.2) is 53.0 Å². The quantitative estimate of drug-likeness (QED) is 0.654. The number of halogens is 1. The Balaban J connectivity index is 1.49. The Kier molecular flexibility index (Phi) is 5.82. The van der Waals surface area contributed by atoms with Crippen LogP contribution in [0.5, 0.6) is 0 Å². The zero-order valence-electron chi connectivity index (χ0n) is 18.9. The third-order valence-electron chi connectivity index (χ3n) is 6.79. The second-order valence-electron chi connectivity index (χ2n) is 9.04. The Labute approximate surface area is 187 Å². The zero-order valence-corrected chi connectivity index (χ0v) is 18.9. The van der Waals surface area contributed by atoms with Crippen LogP contribution in [0.1, 0.15) is 44.0 Å². The van der Waals surface area contributed by atoms with Crippen LogP contribution in [0.25, 0.3) is 22.4 Å². The molecule has 0 unspecified atom stereocenters. The van der Waals surface area contributed by atoms with E-state index >= 15 is 0 Å². The summed E-state index contributed by atoms with van der Waals surface area (Å²) in [6, 6.07) is 6.29. The third kappa shape index (κ3) is 3.97. The number of aromatic nitrogens is 3. The number of anilines is 1. The smallest absolute Gasteiger partial charge is 0.261 e. The summed E-state index contributed by atoms with van der Waals surface area (Å²) in [7, 11) is 0. The number of aryl methyl sites for hydroxylation is 2. The minimum Gasteiger partial charge on any atom is -0.381 e. The molecule has 8 heteroatoms. The summed E-state index contributed by atoms with van der Waals surface area (Å²) in [6.45, 7) is 8.49. The summed E-state index contributed by atoms with van der Waals surface area (Å²) >= 11 is 0. The fourth-order valence-electron chi connectivity index (χ4n) is 5.09. The van der Waals surface area contributed by atoms with Crippen LogP contribution in [0.2, 0.25) is 0 Å². The summed E-state index contributed by atoms with van der Waals surface area (Å²) in [5.74, 6) is 1.41. The summed E-state index contributed by atoms with van der Waals surface area (Å²) in [5.41, 5.74) is 2.09. The minimum absolute atomic E-state index is 0.236. The van der Waals surface area contributed by atoms with Crippen LogP contribution >= 0.6 is 0 Å². The Bertz CT molecular complexity index is 1110. The Hall–Kier alpha value is -2.58. The lowest BCUT2D eigenvalue weighted by Gasteiger charge is -2.41. The van der Waals surface area contributed by atoms with Gasteiger partial charge in [-0.3, -0.25) is 0 Å². The molecule has 0 spiro atoms. The van der Waals surface area contributed by atoms with Crippen molar-refractivity contribution in [1.29, 1.82) is 0 Å². The van der Waals surface area contributed by atoms with Crippen LogP contribution in [0, 0.1) is 19.7 Å². The highest BCUT2D eigenvalue weighted by Gasteiger charge is 2.32. The number of rotatable bonds is 4. The molecule has 2 aliphatic heterocycles. The number of benzene rings is 1. The third-order valence-corrected chi connectivity index (χ3v) is 6.79. The number of fused-ring (bicyclic) bond motifs is 1. The van der Waals surface area contributed by atoms with Gasteiger partial charge in [-0.2, -0.15) is 4.98 Å². The van der Waals surface area contributed by atoms with E-state index in [1.165, 1.54) is 6.07 Å². The van der Waals surface area contributed by atoms with E-state index in [-0.39, 0.29) is 11.9 Å². The largest absolute Gasteiger partial charge is 0.381 e. The minimum atomic E-state index is -0.316. The van der Waals surface area contributed by atoms with Crippen LogP contribution in [0.15, 0.2) is 22.7 Å². The van der Waals surface area contributed by atoms with E-state index in [4.69, 9.17) is 14.2 Å². The zero-order chi connectivity index (χ0) is 22.2. The van der Waals surface area contributed by atoms with Gasteiger partial charge in [-0.1, -0.05) is 17.3 Å². The first-order valence-corrected chi connectivity index (χ1v) is 11.5. The van der Waals surface area contributed by atoms with E-state index < -0.39 is 0 Å². The number of nitrogens with zero attached hydrogens (tertiary/aromatic N) is 4. The van der Waals surface area contributed by atoms with Crippen LogP contribution < -0.4 is 10.2 Å². The van der Waals surface area contributed by atoms with Gasteiger partial charge in [-0.15, -0.1) is 0 Å². The van der Waals surface area contributed by atoms with Crippen molar-refractivity contribution < 1.29 is 13.7 Å². The molecule has 2 atom stereocenters. The predicted molar refractivity (Wildman–Crippen MR) is 121 cm³/mol. The van der Waals surface area contributed by atoms with Gasteiger partial charge in [-0.25, -0.2) is 9.37 Å². The van der Waals surface area contributed by atoms with Gasteiger partial charge in [0.05, 0.1) is 5.56 Å². The monoisotopic (exact) mass is 439 g/mol. The molecule has 0 saturated carbocycles. The average molecular weight is 440 g/mol. The summed E-state index contributed by atoms with van der Waals surface area (Å²) in [4.78, 5) is 11.6. The molecule has 7 nitrogen and oxygen atoms in total. The number of hydrogen-bond donors (Lipinski definition) is 1. The summed E-state index contributed by atoms with van der Waals surface area (Å²) in [6.07, 6.45) is 4.13. The van der Waals surface area contributed by atoms with Crippen molar-refractivity contribution >= 4 is 16.7 Å². The van der Waals surface area contributed by atoms with Crippen molar-refractivity contribution in [3.05, 3.63) is 35.4 Å². The topological polar surface area (TPSA) is 76.3 Å². The molecule has 0 radical (unpaired) electrons. The van der Waals surface area contributed by atoms with Crippen LogP contribution in [0.3, 0.4) is 0 Å². The first-order chi connectivity index (χ1) is 15.5. The number of hydrogen-bond acceptors (Lipinski definition) is 7. The van der Waals surface area contributed by atoms with Crippen LogP contribution in [0.4, 0.5) is 10.2 Å². The molecule has 0 amide bonds. The van der Waals surface area contributed by atoms with Crippen molar-refractivity contribution in [2.24, 2.45) is 0 Å². The Morgan fingerprint density at radius 3 is 2.62 bits per heavy atom. The van der Waals surface area contributed by atoms with Crippen molar-refractivity contribution in [3.8, 4) is 11.5 Å². The normalized spacial score (nSPS) is 22.6. The number of nitrogens with one attached hydrogen (secondary N) is 1. The van der Waals surface area contributed by atoms with Crippen molar-refractivity contribution in [1.82, 2.24) is 20.4 Å². The van der Waals surface area contributed by atoms with E-state index in [1.54, 1.807) is 13.0 Å². The van der Waals surface area contributed by atoms with Gasteiger partial charge in [0.25, 0.3) is 5.89 Å². The number of pyridine rings is 1. The predicted octanol–water partition coefficient (Wildman–Crippen LogP) is 4.17. The highest BCUT2D eigenvalue weighted by Crippen LogP contribution is 2.38. The molecule has 0 bridgehead atoms. The van der Waals surface area contributed by atoms with E-state index in [0.29, 0.717) is 29.3 Å². The highest BCUT2D eigenvalue weighted by molar-refractivity contribution is 5.92. The fraction of sp³-hybridized carbons (Fsp3) is 0.542. The molecule has 32 heavy (non-hydrogen) atoms. The Morgan fingerprint density at radius 2 is 1.91 bits per heavy atom. The first-order valence-electron chi connectivity index (χ1n) is 11.5.